The zero-order chi connectivity index (χ0) is 19.4. The van der Waals surface area contributed by atoms with Crippen molar-refractivity contribution in [1.29, 1.82) is 0 Å². The van der Waals surface area contributed by atoms with Gasteiger partial charge in [-0.05, 0) is 18.2 Å². The molecule has 0 spiro atoms. The monoisotopic (exact) mass is 389 g/mol. The first-order valence-corrected chi connectivity index (χ1v) is 7.99. The minimum absolute atomic E-state index is 0.0581. The predicted octanol–water partition coefficient (Wildman–Crippen LogP) is 0.816. The van der Waals surface area contributed by atoms with Crippen LogP contribution >= 0.6 is 11.6 Å². The molecule has 0 aliphatic heterocycles. The molecule has 2 aromatic heterocycles. The normalized spacial score (nSPS) is 10.6. The number of nitrogens with zero attached hydrogens (tertiary/aromatic N) is 6. The second-order valence-corrected chi connectivity index (χ2v) is 5.68. The van der Waals surface area contributed by atoms with Crippen molar-refractivity contribution in [3.63, 3.8) is 0 Å². The molecule has 0 radical (unpaired) electrons. The molecule has 3 aromatic rings. The van der Waals surface area contributed by atoms with Crippen LogP contribution in [0.3, 0.4) is 0 Å². The lowest BCUT2D eigenvalue weighted by molar-refractivity contribution is -0.384. The van der Waals surface area contributed by atoms with Gasteiger partial charge < -0.3 is 5.32 Å². The molecule has 0 atom stereocenters. The maximum absolute atomic E-state index is 12.2. The minimum atomic E-state index is -0.668. The molecule has 11 nitrogen and oxygen atoms in total. The summed E-state index contributed by atoms with van der Waals surface area (Å²) in [5, 5.41) is 21.5. The summed E-state index contributed by atoms with van der Waals surface area (Å²) in [5.74, 6) is -0.137. The lowest BCUT2D eigenvalue weighted by Gasteiger charge is -2.08. The molecule has 0 bridgehead atoms. The summed E-state index contributed by atoms with van der Waals surface area (Å²) < 4.78 is 2.56. The lowest BCUT2D eigenvalue weighted by atomic mass is 10.2. The number of carbonyl (C=O) groups is 1. The fourth-order valence-corrected chi connectivity index (χ4v) is 2.40. The van der Waals surface area contributed by atoms with E-state index in [9.17, 15) is 19.7 Å². The molecule has 2 heterocycles. The van der Waals surface area contributed by atoms with Gasteiger partial charge >= 0.3 is 0 Å². The number of nitro benzene ring substituents is 1. The van der Waals surface area contributed by atoms with Crippen molar-refractivity contribution >= 4 is 23.2 Å². The molecule has 0 saturated heterocycles. The summed E-state index contributed by atoms with van der Waals surface area (Å²) in [7, 11) is 0. The number of aromatic nitrogens is 5. The van der Waals surface area contributed by atoms with Crippen LogP contribution in [0.4, 0.5) is 5.69 Å². The molecule has 138 valence electrons. The highest BCUT2D eigenvalue weighted by Gasteiger charge is 2.16. The Morgan fingerprint density at radius 1 is 1.30 bits per heavy atom. The van der Waals surface area contributed by atoms with Crippen LogP contribution in [0, 0.1) is 10.1 Å². The lowest BCUT2D eigenvalue weighted by Crippen LogP contribution is -2.32. The number of carbonyl (C=O) groups excluding carboxylic acids is 1. The van der Waals surface area contributed by atoms with Gasteiger partial charge in [-0.25, -0.2) is 14.3 Å². The van der Waals surface area contributed by atoms with Crippen molar-refractivity contribution in [3.8, 4) is 5.82 Å². The zero-order valence-corrected chi connectivity index (χ0v) is 14.4. The van der Waals surface area contributed by atoms with Gasteiger partial charge in [0.05, 0.1) is 11.5 Å². The van der Waals surface area contributed by atoms with Gasteiger partial charge in [0.1, 0.15) is 17.7 Å². The van der Waals surface area contributed by atoms with Gasteiger partial charge in [-0.3, -0.25) is 19.7 Å². The third-order valence-corrected chi connectivity index (χ3v) is 3.84. The Bertz CT molecular complexity index is 1050. The maximum atomic E-state index is 12.2. The van der Waals surface area contributed by atoms with Crippen LogP contribution in [-0.4, -0.2) is 41.9 Å². The van der Waals surface area contributed by atoms with E-state index in [2.05, 4.69) is 20.5 Å². The molecule has 1 aromatic carbocycles. The first-order valence-electron chi connectivity index (χ1n) is 7.61. The summed E-state index contributed by atoms with van der Waals surface area (Å²) in [6, 6.07) is 6.57. The van der Waals surface area contributed by atoms with Crippen LogP contribution < -0.4 is 10.9 Å². The van der Waals surface area contributed by atoms with E-state index in [1.54, 1.807) is 0 Å². The fraction of sp³-hybridized carbons (Fsp3) is 0.133. The van der Waals surface area contributed by atoms with Crippen LogP contribution in [0.1, 0.15) is 10.4 Å². The second-order valence-electron chi connectivity index (χ2n) is 5.27. The van der Waals surface area contributed by atoms with Crippen LogP contribution in [0.2, 0.25) is 5.02 Å². The van der Waals surface area contributed by atoms with Crippen molar-refractivity contribution in [2.24, 2.45) is 0 Å². The van der Waals surface area contributed by atoms with Gasteiger partial charge in [-0.1, -0.05) is 11.6 Å². The van der Waals surface area contributed by atoms with Crippen LogP contribution in [0.15, 0.2) is 47.8 Å². The molecular weight excluding hydrogens is 378 g/mol. The van der Waals surface area contributed by atoms with E-state index in [-0.39, 0.29) is 34.9 Å². The number of hydrogen-bond acceptors (Lipinski definition) is 7. The summed E-state index contributed by atoms with van der Waals surface area (Å²) in [6.45, 7) is 0.186. The molecule has 0 fully saturated rings. The van der Waals surface area contributed by atoms with E-state index in [0.717, 1.165) is 6.07 Å². The molecule has 0 aliphatic rings. The van der Waals surface area contributed by atoms with E-state index in [1.807, 2.05) is 0 Å². The summed E-state index contributed by atoms with van der Waals surface area (Å²) in [6.07, 6.45) is 2.77. The fourth-order valence-electron chi connectivity index (χ4n) is 2.22. The number of amides is 1. The van der Waals surface area contributed by atoms with Crippen molar-refractivity contribution in [3.05, 3.63) is 74.0 Å². The molecule has 3 rings (SSSR count). The van der Waals surface area contributed by atoms with Gasteiger partial charge in [-0.15, -0.1) is 5.10 Å². The molecule has 1 N–H and O–H groups in total. The number of hydrogen-bond donors (Lipinski definition) is 1. The minimum Gasteiger partial charge on any atom is -0.350 e. The summed E-state index contributed by atoms with van der Waals surface area (Å²) in [5.41, 5.74) is -0.624. The molecule has 1 amide bonds. The summed E-state index contributed by atoms with van der Waals surface area (Å²) >= 11 is 5.72. The van der Waals surface area contributed by atoms with E-state index in [0.29, 0.717) is 5.82 Å². The Kier molecular flexibility index (Phi) is 5.22. The van der Waals surface area contributed by atoms with Gasteiger partial charge in [0.25, 0.3) is 17.2 Å². The van der Waals surface area contributed by atoms with E-state index >= 15 is 0 Å². The largest absolute Gasteiger partial charge is 0.350 e. The van der Waals surface area contributed by atoms with Crippen LogP contribution in [0.5, 0.6) is 0 Å². The Morgan fingerprint density at radius 2 is 2.11 bits per heavy atom. The Balaban J connectivity index is 1.67. The smallest absolute Gasteiger partial charge is 0.288 e. The number of nitro groups is 1. The van der Waals surface area contributed by atoms with Gasteiger partial charge in [-0.2, -0.15) is 5.10 Å². The third-order valence-electron chi connectivity index (χ3n) is 3.52. The molecule has 27 heavy (non-hydrogen) atoms. The maximum Gasteiger partial charge on any atom is 0.288 e. The van der Waals surface area contributed by atoms with Crippen molar-refractivity contribution in [2.45, 2.75) is 6.54 Å². The quantitative estimate of drug-likeness (QED) is 0.486. The number of rotatable bonds is 6. The number of halogens is 1. The molecule has 12 heteroatoms. The van der Waals surface area contributed by atoms with Gasteiger partial charge in [0, 0.05) is 24.2 Å². The van der Waals surface area contributed by atoms with Gasteiger partial charge in [0.2, 0.25) is 0 Å². The Labute approximate surface area is 156 Å². The predicted molar refractivity (Wildman–Crippen MR) is 93.9 cm³/mol. The third kappa shape index (κ3) is 4.15. The van der Waals surface area contributed by atoms with Crippen LogP contribution in [-0.2, 0) is 6.54 Å². The zero-order valence-electron chi connectivity index (χ0n) is 13.6. The van der Waals surface area contributed by atoms with Crippen molar-refractivity contribution < 1.29 is 9.72 Å². The van der Waals surface area contributed by atoms with Gasteiger partial charge in [0.15, 0.2) is 5.82 Å². The first-order chi connectivity index (χ1) is 13.0. The highest BCUT2D eigenvalue weighted by atomic mass is 35.5. The molecule has 0 unspecified atom stereocenters. The topological polar surface area (TPSA) is 138 Å². The van der Waals surface area contributed by atoms with Crippen molar-refractivity contribution in [1.82, 2.24) is 29.9 Å². The second kappa shape index (κ2) is 7.74. The average molecular weight is 390 g/mol. The Morgan fingerprint density at radius 3 is 2.81 bits per heavy atom. The highest BCUT2D eigenvalue weighted by Crippen LogP contribution is 2.24. The van der Waals surface area contributed by atoms with Crippen LogP contribution in [0.25, 0.3) is 5.82 Å². The van der Waals surface area contributed by atoms with E-state index in [1.165, 1.54) is 46.3 Å². The average Bonchev–Trinajstić information content (AvgIpc) is 3.18. The molecule has 0 saturated carbocycles. The number of benzene rings is 1. The molecule has 0 aliphatic carbocycles. The SMILES string of the molecule is O=C(NCCn1nc(-n2cncn2)ccc1=O)c1ccc(Cl)c([N+](=O)[O-])c1. The van der Waals surface area contributed by atoms with E-state index in [4.69, 9.17) is 11.6 Å². The first kappa shape index (κ1) is 18.2. The highest BCUT2D eigenvalue weighted by molar-refractivity contribution is 6.32. The number of nitrogens with one attached hydrogen (secondary N) is 1. The molecular formula is C15H12ClN7O4. The Hall–Kier alpha value is -3.60. The van der Waals surface area contributed by atoms with E-state index < -0.39 is 10.8 Å². The summed E-state index contributed by atoms with van der Waals surface area (Å²) in [4.78, 5) is 38.1. The van der Waals surface area contributed by atoms with Crippen molar-refractivity contribution in [2.75, 3.05) is 6.54 Å². The standard InChI is InChI=1S/C15H12ClN7O4/c16-11-2-1-10(7-12(11)23(26)27)15(25)18-5-6-21-14(24)4-3-13(20-21)22-9-17-8-19-22/h1-4,7-9H,5-6H2,(H,18,25).